The van der Waals surface area contributed by atoms with E-state index < -0.39 is 0 Å². The first-order valence-electron chi connectivity index (χ1n) is 13.7. The van der Waals surface area contributed by atoms with Crippen molar-refractivity contribution >= 4 is 34.1 Å². The van der Waals surface area contributed by atoms with Gasteiger partial charge in [-0.05, 0) is 55.8 Å². The number of H-pyrrole nitrogens is 1. The molecular weight excluding hydrogens is 496 g/mol. The highest BCUT2D eigenvalue weighted by molar-refractivity contribution is 6.34. The van der Waals surface area contributed by atoms with E-state index >= 15 is 0 Å². The largest absolute Gasteiger partial charge is 0.378 e. The quantitative estimate of drug-likeness (QED) is 0.336. The van der Waals surface area contributed by atoms with Gasteiger partial charge in [0.05, 0.1) is 22.6 Å². The highest BCUT2D eigenvalue weighted by atomic mass is 35.5. The number of aromatic amines is 1. The van der Waals surface area contributed by atoms with E-state index in [0.29, 0.717) is 11.1 Å². The molecule has 1 aromatic carbocycles. The SMILES string of the molecule is CCCN1CC[C@H](Nc2c(Cl)cnc3[nH]c(-c4ccc(N5CCN(Cc6ccccn6)CC5)cc4)nc23)C1. The molecule has 2 fully saturated rings. The lowest BCUT2D eigenvalue weighted by Gasteiger charge is -2.36. The number of nitrogens with zero attached hydrogens (tertiary/aromatic N) is 6. The van der Waals surface area contributed by atoms with Crippen LogP contribution in [0.2, 0.25) is 5.02 Å². The van der Waals surface area contributed by atoms with Crippen molar-refractivity contribution in [1.29, 1.82) is 0 Å². The van der Waals surface area contributed by atoms with Gasteiger partial charge >= 0.3 is 0 Å². The first-order chi connectivity index (χ1) is 18.7. The topological polar surface area (TPSA) is 76.2 Å². The molecule has 2 saturated heterocycles. The molecule has 0 amide bonds. The molecule has 5 heterocycles. The van der Waals surface area contributed by atoms with E-state index in [4.69, 9.17) is 16.6 Å². The third-order valence-electron chi connectivity index (χ3n) is 7.62. The van der Waals surface area contributed by atoms with Crippen LogP contribution < -0.4 is 10.2 Å². The van der Waals surface area contributed by atoms with Gasteiger partial charge in [-0.25, -0.2) is 9.97 Å². The van der Waals surface area contributed by atoms with Crippen molar-refractivity contribution in [2.24, 2.45) is 0 Å². The van der Waals surface area contributed by atoms with Gasteiger partial charge in [0.2, 0.25) is 0 Å². The minimum Gasteiger partial charge on any atom is -0.378 e. The molecule has 3 aromatic heterocycles. The summed E-state index contributed by atoms with van der Waals surface area (Å²) in [6.07, 6.45) is 5.87. The summed E-state index contributed by atoms with van der Waals surface area (Å²) in [6.45, 7) is 10.5. The lowest BCUT2D eigenvalue weighted by molar-refractivity contribution is 0.247. The highest BCUT2D eigenvalue weighted by Gasteiger charge is 2.24. The summed E-state index contributed by atoms with van der Waals surface area (Å²) in [5, 5.41) is 4.28. The average Bonchev–Trinajstić information content (AvgIpc) is 3.59. The van der Waals surface area contributed by atoms with Crippen LogP contribution in [-0.2, 0) is 6.54 Å². The van der Waals surface area contributed by atoms with Gasteiger partial charge in [-0.3, -0.25) is 9.88 Å². The summed E-state index contributed by atoms with van der Waals surface area (Å²) in [4.78, 5) is 24.7. The Morgan fingerprint density at radius 2 is 1.84 bits per heavy atom. The summed E-state index contributed by atoms with van der Waals surface area (Å²) in [6, 6.07) is 15.2. The van der Waals surface area contributed by atoms with E-state index in [-0.39, 0.29) is 0 Å². The molecule has 198 valence electrons. The molecular formula is C29H35ClN8. The Kier molecular flexibility index (Phi) is 7.44. The molecule has 2 aliphatic heterocycles. The van der Waals surface area contributed by atoms with Crippen molar-refractivity contribution < 1.29 is 0 Å². The van der Waals surface area contributed by atoms with Crippen LogP contribution in [0.3, 0.4) is 0 Å². The lowest BCUT2D eigenvalue weighted by Crippen LogP contribution is -2.46. The molecule has 6 rings (SSSR count). The molecule has 38 heavy (non-hydrogen) atoms. The van der Waals surface area contributed by atoms with E-state index in [9.17, 15) is 0 Å². The minimum absolute atomic E-state index is 0.369. The number of hydrogen-bond donors (Lipinski definition) is 2. The Balaban J connectivity index is 1.12. The van der Waals surface area contributed by atoms with Crippen molar-refractivity contribution in [3.63, 3.8) is 0 Å². The fourth-order valence-electron chi connectivity index (χ4n) is 5.59. The summed E-state index contributed by atoms with van der Waals surface area (Å²) >= 11 is 6.59. The van der Waals surface area contributed by atoms with E-state index in [1.54, 1.807) is 6.20 Å². The second-order valence-electron chi connectivity index (χ2n) is 10.3. The minimum atomic E-state index is 0.369. The summed E-state index contributed by atoms with van der Waals surface area (Å²) in [5.74, 6) is 0.809. The Labute approximate surface area is 229 Å². The van der Waals surface area contributed by atoms with Gasteiger partial charge in [0.15, 0.2) is 5.65 Å². The number of hydrogen-bond acceptors (Lipinski definition) is 7. The molecule has 1 atom stereocenters. The van der Waals surface area contributed by atoms with Crippen molar-refractivity contribution in [3.8, 4) is 11.4 Å². The van der Waals surface area contributed by atoms with Crippen molar-refractivity contribution in [2.75, 3.05) is 56.0 Å². The fraction of sp³-hybridized carbons (Fsp3) is 0.414. The number of anilines is 2. The van der Waals surface area contributed by atoms with E-state index in [0.717, 1.165) is 92.7 Å². The highest BCUT2D eigenvalue weighted by Crippen LogP contribution is 2.32. The van der Waals surface area contributed by atoms with Gasteiger partial charge in [-0.1, -0.05) is 24.6 Å². The maximum Gasteiger partial charge on any atom is 0.159 e. The second kappa shape index (κ2) is 11.3. The zero-order valence-corrected chi connectivity index (χ0v) is 22.7. The Morgan fingerprint density at radius 1 is 1.00 bits per heavy atom. The normalized spacial score (nSPS) is 18.9. The van der Waals surface area contributed by atoms with Gasteiger partial charge in [0, 0.05) is 69.3 Å². The van der Waals surface area contributed by atoms with Crippen LogP contribution in [0.5, 0.6) is 0 Å². The number of nitrogens with one attached hydrogen (secondary N) is 2. The fourth-order valence-corrected chi connectivity index (χ4v) is 5.79. The number of halogens is 1. The molecule has 4 aromatic rings. The van der Waals surface area contributed by atoms with Crippen LogP contribution in [-0.4, -0.2) is 81.6 Å². The third kappa shape index (κ3) is 5.48. The lowest BCUT2D eigenvalue weighted by atomic mass is 10.1. The number of likely N-dealkylation sites (tertiary alicyclic amines) is 1. The molecule has 0 unspecified atom stereocenters. The van der Waals surface area contributed by atoms with Crippen molar-refractivity contribution in [2.45, 2.75) is 32.4 Å². The Hall–Kier alpha value is -3.20. The number of rotatable bonds is 8. The van der Waals surface area contributed by atoms with Crippen LogP contribution in [0.4, 0.5) is 11.4 Å². The summed E-state index contributed by atoms with van der Waals surface area (Å²) in [7, 11) is 0. The predicted molar refractivity (Wildman–Crippen MR) is 155 cm³/mol. The number of benzene rings is 1. The van der Waals surface area contributed by atoms with Crippen molar-refractivity contribution in [3.05, 3.63) is 65.6 Å². The Bertz CT molecular complexity index is 1350. The van der Waals surface area contributed by atoms with Crippen molar-refractivity contribution in [1.82, 2.24) is 29.7 Å². The second-order valence-corrected chi connectivity index (χ2v) is 10.7. The molecule has 0 aliphatic carbocycles. The molecule has 0 radical (unpaired) electrons. The molecule has 0 bridgehead atoms. The van der Waals surface area contributed by atoms with Crippen LogP contribution in [0, 0.1) is 0 Å². The average molecular weight is 531 g/mol. The monoisotopic (exact) mass is 530 g/mol. The Morgan fingerprint density at radius 3 is 2.61 bits per heavy atom. The third-order valence-corrected chi connectivity index (χ3v) is 7.90. The van der Waals surface area contributed by atoms with Gasteiger partial charge in [-0.15, -0.1) is 0 Å². The maximum absolute atomic E-state index is 6.59. The van der Waals surface area contributed by atoms with E-state index in [2.05, 4.69) is 78.3 Å². The van der Waals surface area contributed by atoms with Gasteiger partial charge < -0.3 is 20.1 Å². The molecule has 9 heteroatoms. The number of aromatic nitrogens is 4. The number of fused-ring (bicyclic) bond motifs is 1. The van der Waals surface area contributed by atoms with Gasteiger partial charge in [0.1, 0.15) is 11.3 Å². The number of pyridine rings is 2. The molecule has 2 N–H and O–H groups in total. The predicted octanol–water partition coefficient (Wildman–Crippen LogP) is 4.89. The number of piperazine rings is 1. The van der Waals surface area contributed by atoms with E-state index in [1.165, 1.54) is 12.1 Å². The van der Waals surface area contributed by atoms with Gasteiger partial charge in [-0.2, -0.15) is 0 Å². The molecule has 8 nitrogen and oxygen atoms in total. The first-order valence-corrected chi connectivity index (χ1v) is 14.0. The molecule has 0 saturated carbocycles. The smallest absolute Gasteiger partial charge is 0.159 e. The summed E-state index contributed by atoms with van der Waals surface area (Å²) in [5.41, 5.74) is 5.84. The van der Waals surface area contributed by atoms with Crippen LogP contribution in [0.15, 0.2) is 54.9 Å². The zero-order chi connectivity index (χ0) is 25.9. The first kappa shape index (κ1) is 25.1. The molecule has 0 spiro atoms. The van der Waals surface area contributed by atoms with Crippen LogP contribution >= 0.6 is 11.6 Å². The standard InChI is InChI=1S/C29H35ClN8/c1-2-12-36-13-10-23(20-36)33-26-25(30)18-32-29-27(26)34-28(35-29)21-6-8-24(9-7-21)38-16-14-37(15-17-38)19-22-5-3-4-11-31-22/h3-9,11,18,23H,2,10,12-17,19-20H2,1H3,(H2,32,33,34,35)/t23-/m0/s1. The summed E-state index contributed by atoms with van der Waals surface area (Å²) < 4.78 is 0. The van der Waals surface area contributed by atoms with Crippen LogP contribution in [0.25, 0.3) is 22.6 Å². The molecule has 2 aliphatic rings. The number of imidazole rings is 1. The van der Waals surface area contributed by atoms with E-state index in [1.807, 2.05) is 12.3 Å². The zero-order valence-electron chi connectivity index (χ0n) is 21.9. The van der Waals surface area contributed by atoms with Crippen LogP contribution in [0.1, 0.15) is 25.5 Å². The van der Waals surface area contributed by atoms with Gasteiger partial charge in [0.25, 0.3) is 0 Å². The maximum atomic E-state index is 6.59.